The van der Waals surface area contributed by atoms with Crippen molar-refractivity contribution in [1.82, 2.24) is 4.98 Å². The van der Waals surface area contributed by atoms with Gasteiger partial charge in [-0.25, -0.2) is 9.37 Å². The molecule has 2 unspecified atom stereocenters. The minimum absolute atomic E-state index is 0.0163. The molecule has 6 nitrogen and oxygen atoms in total. The maximum Gasteiger partial charge on any atom is 0.277 e. The molecule has 2 atom stereocenters. The number of aliphatic hydroxyl groups is 1. The Balaban J connectivity index is 2.18. The van der Waals surface area contributed by atoms with Crippen molar-refractivity contribution in [2.75, 3.05) is 6.61 Å². The average Bonchev–Trinajstić information content (AvgIpc) is 2.99. The van der Waals surface area contributed by atoms with Crippen LogP contribution in [0.2, 0.25) is 0 Å². The van der Waals surface area contributed by atoms with E-state index in [0.29, 0.717) is 17.9 Å². The van der Waals surface area contributed by atoms with Gasteiger partial charge in [-0.15, -0.1) is 11.3 Å². The second kappa shape index (κ2) is 6.63. The molecule has 0 fully saturated rings. The smallest absolute Gasteiger partial charge is 0.277 e. The molecule has 128 valence electrons. The molecule has 25 heavy (non-hydrogen) atoms. The third-order valence-electron chi connectivity index (χ3n) is 3.61. The van der Waals surface area contributed by atoms with Gasteiger partial charge in [0.15, 0.2) is 17.4 Å². The molecular formula is C17H13FN2O4S. The fourth-order valence-electron chi connectivity index (χ4n) is 2.40. The van der Waals surface area contributed by atoms with Gasteiger partial charge in [-0.3, -0.25) is 9.59 Å². The number of carbonyl (C=O) groups is 2. The number of primary amides is 1. The standard InChI is InChI=1S/C17H13FN2O4S/c1-8-7-24-13-5-12(18)9(2-3-10(22)6-21)4-11(13)14-15(8)25-17(20-14)16(19)23/h4-6,8,10,22H,7H2,1H3,(H2,19,23). The van der Waals surface area contributed by atoms with Crippen molar-refractivity contribution in [2.24, 2.45) is 5.73 Å². The van der Waals surface area contributed by atoms with Crippen LogP contribution < -0.4 is 10.5 Å². The van der Waals surface area contributed by atoms with Gasteiger partial charge in [-0.1, -0.05) is 18.8 Å². The fraction of sp³-hybridized carbons (Fsp3) is 0.235. The van der Waals surface area contributed by atoms with E-state index in [1.165, 1.54) is 23.5 Å². The molecule has 1 aliphatic heterocycles. The molecular weight excluding hydrogens is 347 g/mol. The summed E-state index contributed by atoms with van der Waals surface area (Å²) in [6.45, 7) is 2.21. The second-order valence-electron chi connectivity index (χ2n) is 5.49. The molecule has 0 saturated carbocycles. The first kappa shape index (κ1) is 17.1. The van der Waals surface area contributed by atoms with Gasteiger partial charge in [-0.2, -0.15) is 0 Å². The number of aldehydes is 1. The first-order valence-electron chi connectivity index (χ1n) is 7.32. The van der Waals surface area contributed by atoms with Crippen LogP contribution in [0.3, 0.4) is 0 Å². The monoisotopic (exact) mass is 360 g/mol. The lowest BCUT2D eigenvalue weighted by molar-refractivity contribution is -0.112. The third kappa shape index (κ3) is 3.24. The quantitative estimate of drug-likeness (QED) is 0.623. The Labute approximate surface area is 146 Å². The number of aromatic nitrogens is 1. The topological polar surface area (TPSA) is 103 Å². The van der Waals surface area contributed by atoms with E-state index in [2.05, 4.69) is 16.8 Å². The SMILES string of the molecule is CC1COc2cc(F)c(C#CC(O)C=O)cc2-c2nc(C(N)=O)sc21. The number of nitrogens with zero attached hydrogens (tertiary/aromatic N) is 1. The Hall–Kier alpha value is -2.76. The number of hydrogen-bond acceptors (Lipinski definition) is 6. The van der Waals surface area contributed by atoms with Crippen molar-refractivity contribution >= 4 is 23.5 Å². The number of halogens is 1. The molecule has 3 rings (SSSR count). The summed E-state index contributed by atoms with van der Waals surface area (Å²) in [6.07, 6.45) is -1.25. The molecule has 1 amide bonds. The highest BCUT2D eigenvalue weighted by molar-refractivity contribution is 7.14. The van der Waals surface area contributed by atoms with Crippen LogP contribution in [0.15, 0.2) is 12.1 Å². The van der Waals surface area contributed by atoms with Gasteiger partial charge in [0.2, 0.25) is 0 Å². The molecule has 0 radical (unpaired) electrons. The number of benzene rings is 1. The average molecular weight is 360 g/mol. The van der Waals surface area contributed by atoms with Crippen LogP contribution in [0.1, 0.15) is 33.1 Å². The van der Waals surface area contributed by atoms with Gasteiger partial charge in [0, 0.05) is 22.4 Å². The molecule has 0 spiro atoms. The van der Waals surface area contributed by atoms with Crippen molar-refractivity contribution in [3.05, 3.63) is 33.4 Å². The van der Waals surface area contributed by atoms with Crippen LogP contribution in [0, 0.1) is 17.7 Å². The van der Waals surface area contributed by atoms with Crippen molar-refractivity contribution < 1.29 is 23.8 Å². The number of amides is 1. The zero-order valence-electron chi connectivity index (χ0n) is 13.1. The Morgan fingerprint density at radius 3 is 3.04 bits per heavy atom. The molecule has 2 heterocycles. The zero-order valence-corrected chi connectivity index (χ0v) is 13.9. The summed E-state index contributed by atoms with van der Waals surface area (Å²) in [4.78, 5) is 27.0. The van der Waals surface area contributed by atoms with E-state index >= 15 is 0 Å². The molecule has 0 bridgehead atoms. The molecule has 0 saturated heterocycles. The van der Waals surface area contributed by atoms with Crippen LogP contribution in [0.4, 0.5) is 4.39 Å². The molecule has 0 aliphatic carbocycles. The minimum Gasteiger partial charge on any atom is -0.492 e. The first-order chi connectivity index (χ1) is 11.9. The predicted molar refractivity (Wildman–Crippen MR) is 88.9 cm³/mol. The lowest BCUT2D eigenvalue weighted by Gasteiger charge is -2.09. The van der Waals surface area contributed by atoms with E-state index in [-0.39, 0.29) is 28.5 Å². The molecule has 3 N–H and O–H groups in total. The number of hydrogen-bond donors (Lipinski definition) is 2. The molecule has 1 aromatic carbocycles. The molecule has 8 heteroatoms. The van der Waals surface area contributed by atoms with Crippen molar-refractivity contribution in [1.29, 1.82) is 0 Å². The molecule has 1 aliphatic rings. The summed E-state index contributed by atoms with van der Waals surface area (Å²) in [5.41, 5.74) is 6.28. The van der Waals surface area contributed by atoms with Gasteiger partial charge < -0.3 is 15.6 Å². The largest absolute Gasteiger partial charge is 0.492 e. The van der Waals surface area contributed by atoms with E-state index in [9.17, 15) is 19.1 Å². The van der Waals surface area contributed by atoms with Gasteiger partial charge in [0.1, 0.15) is 11.6 Å². The number of ether oxygens (including phenoxy) is 1. The van der Waals surface area contributed by atoms with Gasteiger partial charge >= 0.3 is 0 Å². The first-order valence-corrected chi connectivity index (χ1v) is 8.14. The number of carbonyl (C=O) groups excluding carboxylic acids is 2. The van der Waals surface area contributed by atoms with E-state index in [0.717, 1.165) is 4.88 Å². The Morgan fingerprint density at radius 2 is 2.36 bits per heavy atom. The number of rotatable bonds is 2. The summed E-state index contributed by atoms with van der Waals surface area (Å²) >= 11 is 1.18. The zero-order chi connectivity index (χ0) is 18.1. The van der Waals surface area contributed by atoms with Crippen LogP contribution in [0.25, 0.3) is 11.3 Å². The van der Waals surface area contributed by atoms with E-state index in [4.69, 9.17) is 10.5 Å². The summed E-state index contributed by atoms with van der Waals surface area (Å²) in [5.74, 6) is 3.61. The number of nitrogens with two attached hydrogens (primary N) is 1. The fourth-order valence-corrected chi connectivity index (χ4v) is 3.36. The Kier molecular flexibility index (Phi) is 4.53. The number of aliphatic hydroxyl groups excluding tert-OH is 1. The van der Waals surface area contributed by atoms with Gasteiger partial charge in [0.05, 0.1) is 17.9 Å². The summed E-state index contributed by atoms with van der Waals surface area (Å²) in [6, 6.07) is 2.61. The minimum atomic E-state index is -1.49. The maximum absolute atomic E-state index is 14.2. The van der Waals surface area contributed by atoms with Crippen molar-refractivity contribution in [3.8, 4) is 28.8 Å². The van der Waals surface area contributed by atoms with Crippen LogP contribution in [-0.2, 0) is 4.79 Å². The van der Waals surface area contributed by atoms with Crippen LogP contribution in [-0.4, -0.2) is 35.0 Å². The van der Waals surface area contributed by atoms with E-state index in [1.807, 2.05) is 6.92 Å². The lowest BCUT2D eigenvalue weighted by Crippen LogP contribution is -2.10. The molecule has 2 aromatic rings. The van der Waals surface area contributed by atoms with Crippen molar-refractivity contribution in [3.63, 3.8) is 0 Å². The second-order valence-corrected chi connectivity index (χ2v) is 6.52. The number of thiazole rings is 1. The summed E-state index contributed by atoms with van der Waals surface area (Å²) in [7, 11) is 0. The van der Waals surface area contributed by atoms with E-state index < -0.39 is 17.8 Å². The molecule has 1 aromatic heterocycles. The normalized spacial score (nSPS) is 16.4. The van der Waals surface area contributed by atoms with E-state index in [1.54, 1.807) is 0 Å². The predicted octanol–water partition coefficient (Wildman–Crippen LogP) is 1.46. The Bertz CT molecular complexity index is 929. The lowest BCUT2D eigenvalue weighted by atomic mass is 10.0. The highest BCUT2D eigenvalue weighted by Gasteiger charge is 2.27. The van der Waals surface area contributed by atoms with Crippen LogP contribution >= 0.6 is 11.3 Å². The van der Waals surface area contributed by atoms with Gasteiger partial charge in [0.25, 0.3) is 5.91 Å². The summed E-state index contributed by atoms with van der Waals surface area (Å²) < 4.78 is 19.9. The number of fused-ring (bicyclic) bond motifs is 3. The summed E-state index contributed by atoms with van der Waals surface area (Å²) in [5, 5.41) is 9.36. The third-order valence-corrected chi connectivity index (χ3v) is 4.91. The highest BCUT2D eigenvalue weighted by Crippen LogP contribution is 2.42. The van der Waals surface area contributed by atoms with Crippen molar-refractivity contribution in [2.45, 2.75) is 18.9 Å². The Morgan fingerprint density at radius 1 is 1.60 bits per heavy atom. The maximum atomic E-state index is 14.2. The highest BCUT2D eigenvalue weighted by atomic mass is 32.1. The van der Waals surface area contributed by atoms with Crippen LogP contribution in [0.5, 0.6) is 5.75 Å². The van der Waals surface area contributed by atoms with Gasteiger partial charge in [-0.05, 0) is 6.07 Å².